The van der Waals surface area contributed by atoms with Crippen LogP contribution in [0.5, 0.6) is 0 Å². The van der Waals surface area contributed by atoms with Crippen molar-refractivity contribution in [3.8, 4) is 0 Å². The molecule has 0 aromatic heterocycles. The molecule has 0 heterocycles. The summed E-state index contributed by atoms with van der Waals surface area (Å²) in [5.74, 6) is 0. The van der Waals surface area contributed by atoms with Gasteiger partial charge in [-0.15, -0.1) is 0 Å². The standard InChI is InChI=1S/C10H26O2Si4/c1-8-13-11-16(6,7)9-10(2)14-12-15(3,4)5/h10H,8-9H2,1-7H3. The van der Waals surface area contributed by atoms with E-state index in [1.54, 1.807) is 0 Å². The molecule has 0 amide bonds. The second-order valence-corrected chi connectivity index (χ2v) is 17.8. The Morgan fingerprint density at radius 1 is 1.06 bits per heavy atom. The van der Waals surface area contributed by atoms with Gasteiger partial charge < -0.3 is 8.23 Å². The molecule has 6 heteroatoms. The molecule has 4 radical (unpaired) electrons. The van der Waals surface area contributed by atoms with Crippen LogP contribution in [0.25, 0.3) is 0 Å². The Kier molecular flexibility index (Phi) is 7.63. The van der Waals surface area contributed by atoms with Gasteiger partial charge in [0.2, 0.25) is 19.5 Å². The Balaban J connectivity index is 3.89. The molecule has 0 saturated heterocycles. The van der Waals surface area contributed by atoms with Gasteiger partial charge in [0.1, 0.15) is 0 Å². The van der Waals surface area contributed by atoms with Crippen LogP contribution in [0.4, 0.5) is 0 Å². The molecular formula is C10H26O2Si4. The first-order valence-electron chi connectivity index (χ1n) is 6.00. The molecule has 16 heavy (non-hydrogen) atoms. The molecule has 0 bridgehead atoms. The molecule has 1 atom stereocenters. The summed E-state index contributed by atoms with van der Waals surface area (Å²) >= 11 is 0. The normalized spacial score (nSPS) is 15.2. The van der Waals surface area contributed by atoms with E-state index < -0.39 is 16.6 Å². The summed E-state index contributed by atoms with van der Waals surface area (Å²) in [6, 6.07) is 2.38. The van der Waals surface area contributed by atoms with Gasteiger partial charge in [0.25, 0.3) is 0 Å². The first-order valence-corrected chi connectivity index (χ1v) is 14.6. The zero-order valence-corrected chi connectivity index (χ0v) is 15.8. The molecule has 94 valence electrons. The largest absolute Gasteiger partial charge is 0.456 e. The van der Waals surface area contributed by atoms with E-state index in [4.69, 9.17) is 8.23 Å². The van der Waals surface area contributed by atoms with Gasteiger partial charge in [-0.2, -0.15) is 0 Å². The lowest BCUT2D eigenvalue weighted by atomic mass is 10.6. The van der Waals surface area contributed by atoms with Crippen LogP contribution in [-0.4, -0.2) is 36.2 Å². The van der Waals surface area contributed by atoms with E-state index in [1.807, 2.05) is 0 Å². The summed E-state index contributed by atoms with van der Waals surface area (Å²) in [5, 5.41) is 0. The third kappa shape index (κ3) is 9.97. The fourth-order valence-electron chi connectivity index (χ4n) is 1.37. The van der Waals surface area contributed by atoms with Gasteiger partial charge in [0.15, 0.2) is 16.6 Å². The minimum atomic E-state index is -1.43. The van der Waals surface area contributed by atoms with Crippen molar-refractivity contribution in [1.29, 1.82) is 0 Å². The zero-order chi connectivity index (χ0) is 12.8. The smallest absolute Gasteiger partial charge is 0.218 e. The molecule has 0 aromatic rings. The lowest BCUT2D eigenvalue weighted by Gasteiger charge is -2.27. The van der Waals surface area contributed by atoms with Crippen LogP contribution in [0.2, 0.25) is 50.4 Å². The predicted octanol–water partition coefficient (Wildman–Crippen LogP) is 3.54. The van der Waals surface area contributed by atoms with Crippen molar-refractivity contribution in [2.24, 2.45) is 0 Å². The zero-order valence-electron chi connectivity index (χ0n) is 11.8. The summed E-state index contributed by atoms with van der Waals surface area (Å²) in [4.78, 5) is 0. The van der Waals surface area contributed by atoms with Gasteiger partial charge in [-0.3, -0.25) is 0 Å². The van der Waals surface area contributed by atoms with Crippen molar-refractivity contribution in [3.63, 3.8) is 0 Å². The molecule has 0 saturated carbocycles. The Labute approximate surface area is 109 Å². The van der Waals surface area contributed by atoms with Crippen molar-refractivity contribution in [1.82, 2.24) is 0 Å². The number of rotatable bonds is 8. The second-order valence-electron chi connectivity index (χ2n) is 5.80. The van der Waals surface area contributed by atoms with Gasteiger partial charge in [-0.25, -0.2) is 0 Å². The average molecular weight is 291 g/mol. The molecular weight excluding hydrogens is 264 g/mol. The number of hydrogen-bond acceptors (Lipinski definition) is 2. The Hall–Kier alpha value is 0.788. The average Bonchev–Trinajstić information content (AvgIpc) is 2.10. The molecule has 0 aliphatic carbocycles. The van der Waals surface area contributed by atoms with Crippen molar-refractivity contribution in [3.05, 3.63) is 0 Å². The molecule has 2 nitrogen and oxygen atoms in total. The maximum absolute atomic E-state index is 6.01. The van der Waals surface area contributed by atoms with Gasteiger partial charge in [-0.1, -0.05) is 13.8 Å². The van der Waals surface area contributed by atoms with Crippen LogP contribution in [0.3, 0.4) is 0 Å². The van der Waals surface area contributed by atoms with Gasteiger partial charge >= 0.3 is 0 Å². The Morgan fingerprint density at radius 2 is 1.62 bits per heavy atom. The van der Waals surface area contributed by atoms with Gasteiger partial charge in [-0.05, 0) is 50.4 Å². The maximum Gasteiger partial charge on any atom is 0.218 e. The van der Waals surface area contributed by atoms with E-state index in [0.717, 1.165) is 6.04 Å². The van der Waals surface area contributed by atoms with E-state index in [2.05, 4.69) is 46.6 Å². The summed E-state index contributed by atoms with van der Waals surface area (Å²) in [5.41, 5.74) is 0.662. The van der Waals surface area contributed by atoms with Crippen LogP contribution >= 0.6 is 0 Å². The molecule has 0 aliphatic rings. The molecule has 1 unspecified atom stereocenters. The van der Waals surface area contributed by atoms with Crippen LogP contribution in [0, 0.1) is 0 Å². The van der Waals surface area contributed by atoms with E-state index in [1.165, 1.54) is 6.04 Å². The topological polar surface area (TPSA) is 18.5 Å². The van der Waals surface area contributed by atoms with Crippen molar-refractivity contribution in [2.75, 3.05) is 0 Å². The molecule has 0 aliphatic heterocycles. The first-order chi connectivity index (χ1) is 7.16. The van der Waals surface area contributed by atoms with E-state index >= 15 is 0 Å². The van der Waals surface area contributed by atoms with E-state index in [0.29, 0.717) is 25.1 Å². The SMILES string of the molecule is CC[Si]O[Si](C)(C)CC(C)[Si]O[Si](C)(C)C. The maximum atomic E-state index is 6.01. The van der Waals surface area contributed by atoms with Crippen LogP contribution in [0.1, 0.15) is 13.8 Å². The van der Waals surface area contributed by atoms with E-state index in [9.17, 15) is 0 Å². The van der Waals surface area contributed by atoms with Gasteiger partial charge in [0, 0.05) is 0 Å². The fourth-order valence-corrected chi connectivity index (χ4v) is 9.34. The molecule has 0 aromatic carbocycles. The summed E-state index contributed by atoms with van der Waals surface area (Å²) in [6.07, 6.45) is 0. The molecule has 0 N–H and O–H groups in total. The lowest BCUT2D eigenvalue weighted by molar-refractivity contribution is 0.560. The molecule has 0 rings (SSSR count). The fraction of sp³-hybridized carbons (Fsp3) is 1.00. The third-order valence-electron chi connectivity index (χ3n) is 1.86. The highest BCUT2D eigenvalue weighted by molar-refractivity contribution is 6.77. The predicted molar refractivity (Wildman–Crippen MR) is 79.2 cm³/mol. The van der Waals surface area contributed by atoms with Crippen molar-refractivity contribution in [2.45, 2.75) is 64.2 Å². The minimum Gasteiger partial charge on any atom is -0.456 e. The Morgan fingerprint density at radius 3 is 2.06 bits per heavy atom. The highest BCUT2D eigenvalue weighted by Crippen LogP contribution is 2.22. The van der Waals surface area contributed by atoms with Crippen LogP contribution in [0.15, 0.2) is 0 Å². The van der Waals surface area contributed by atoms with Crippen molar-refractivity contribution >= 4 is 36.2 Å². The first kappa shape index (κ1) is 16.8. The highest BCUT2D eigenvalue weighted by atomic mass is 28.4. The molecule has 0 fully saturated rings. The third-order valence-corrected chi connectivity index (χ3v) is 10.5. The van der Waals surface area contributed by atoms with Crippen molar-refractivity contribution < 1.29 is 8.23 Å². The van der Waals surface area contributed by atoms with Crippen LogP contribution in [-0.2, 0) is 8.23 Å². The minimum absolute atomic E-state index is 0.656. The summed E-state index contributed by atoms with van der Waals surface area (Å²) in [7, 11) is -1.42. The quantitative estimate of drug-likeness (QED) is 0.637. The van der Waals surface area contributed by atoms with Crippen LogP contribution < -0.4 is 0 Å². The number of hydrogen-bond donors (Lipinski definition) is 0. The molecule has 0 spiro atoms. The van der Waals surface area contributed by atoms with E-state index in [-0.39, 0.29) is 0 Å². The summed E-state index contributed by atoms with van der Waals surface area (Å²) in [6.45, 7) is 15.9. The summed E-state index contributed by atoms with van der Waals surface area (Å²) < 4.78 is 12.0. The highest BCUT2D eigenvalue weighted by Gasteiger charge is 2.26. The van der Waals surface area contributed by atoms with Gasteiger partial charge in [0.05, 0.1) is 0 Å². The second kappa shape index (κ2) is 7.27. The monoisotopic (exact) mass is 290 g/mol. The lowest BCUT2D eigenvalue weighted by Crippen LogP contribution is -2.35. The Bertz CT molecular complexity index is 192.